The van der Waals surface area contributed by atoms with Gasteiger partial charge in [-0.05, 0) is 23.1 Å². The fraction of sp³-hybridized carbons (Fsp3) is 0.308. The van der Waals surface area contributed by atoms with E-state index in [1.54, 1.807) is 0 Å². The van der Waals surface area contributed by atoms with E-state index in [9.17, 15) is 5.11 Å². The average Bonchev–Trinajstić information content (AvgIpc) is 3.26. The minimum atomic E-state index is -1.05. The highest BCUT2D eigenvalue weighted by molar-refractivity contribution is 8.32. The number of aliphatic hydroxyl groups excluding tert-OH is 1. The maximum absolute atomic E-state index is 9.77. The molecule has 0 saturated carbocycles. The van der Waals surface area contributed by atoms with E-state index < -0.39 is 10.0 Å². The first-order chi connectivity index (χ1) is 14.3. The van der Waals surface area contributed by atoms with E-state index in [-0.39, 0.29) is 12.6 Å². The molecule has 3 aromatic rings. The quantitative estimate of drug-likeness (QED) is 0.545. The maximum Gasteiger partial charge on any atom is 0.0585 e. The van der Waals surface area contributed by atoms with Gasteiger partial charge in [0.2, 0.25) is 0 Å². The van der Waals surface area contributed by atoms with Gasteiger partial charge < -0.3 is 10.4 Å². The van der Waals surface area contributed by atoms with Crippen molar-refractivity contribution in [1.29, 1.82) is 0 Å². The molecule has 3 aromatic carbocycles. The molecule has 0 spiro atoms. The van der Waals surface area contributed by atoms with Crippen molar-refractivity contribution >= 4 is 10.0 Å². The lowest BCUT2D eigenvalue weighted by Gasteiger charge is -2.46. The summed E-state index contributed by atoms with van der Waals surface area (Å²) >= 11 is 0. The molecule has 3 heteroatoms. The van der Waals surface area contributed by atoms with Gasteiger partial charge >= 0.3 is 0 Å². The van der Waals surface area contributed by atoms with Crippen LogP contribution in [0.3, 0.4) is 0 Å². The second kappa shape index (κ2) is 9.62. The fourth-order valence-electron chi connectivity index (χ4n) is 4.53. The van der Waals surface area contributed by atoms with Crippen LogP contribution in [-0.2, 0) is 17.3 Å². The molecule has 1 fully saturated rings. The van der Waals surface area contributed by atoms with Crippen molar-refractivity contribution in [3.05, 3.63) is 108 Å². The van der Waals surface area contributed by atoms with Crippen LogP contribution in [0.15, 0.2) is 91.0 Å². The van der Waals surface area contributed by atoms with Crippen molar-refractivity contribution in [2.45, 2.75) is 35.0 Å². The molecule has 0 aromatic heterocycles. The van der Waals surface area contributed by atoms with E-state index in [1.807, 2.05) is 0 Å². The normalized spacial score (nSPS) is 19.9. The van der Waals surface area contributed by atoms with Gasteiger partial charge in [-0.2, -0.15) is 0 Å². The molecule has 0 bridgehead atoms. The Balaban J connectivity index is 1.74. The van der Waals surface area contributed by atoms with E-state index in [0.29, 0.717) is 5.25 Å². The summed E-state index contributed by atoms with van der Waals surface area (Å²) in [6.07, 6.45) is 1.07. The van der Waals surface area contributed by atoms with Crippen LogP contribution in [0.25, 0.3) is 0 Å². The van der Waals surface area contributed by atoms with Gasteiger partial charge in [0.1, 0.15) is 0 Å². The van der Waals surface area contributed by atoms with E-state index in [2.05, 4.69) is 96.3 Å². The van der Waals surface area contributed by atoms with Crippen LogP contribution in [0.2, 0.25) is 0 Å². The number of rotatable bonds is 8. The summed E-state index contributed by atoms with van der Waals surface area (Å²) in [5.74, 6) is 3.38. The average molecular weight is 406 g/mol. The zero-order valence-electron chi connectivity index (χ0n) is 16.9. The second-order valence-corrected chi connectivity index (χ2v) is 11.9. The topological polar surface area (TPSA) is 32.3 Å². The predicted molar refractivity (Wildman–Crippen MR) is 125 cm³/mol. The Bertz CT molecular complexity index is 768. The van der Waals surface area contributed by atoms with Crippen LogP contribution in [0.5, 0.6) is 0 Å². The minimum absolute atomic E-state index is 0.230. The Kier molecular flexibility index (Phi) is 6.70. The van der Waals surface area contributed by atoms with Crippen molar-refractivity contribution in [3.63, 3.8) is 0 Å². The first-order valence-corrected chi connectivity index (χ1v) is 12.7. The molecule has 2 nitrogen and oxygen atoms in total. The molecule has 2 atom stereocenters. The lowest BCUT2D eigenvalue weighted by atomic mass is 10.2. The van der Waals surface area contributed by atoms with Gasteiger partial charge in [0.25, 0.3) is 0 Å². The molecule has 1 aliphatic heterocycles. The van der Waals surface area contributed by atoms with Gasteiger partial charge in [0.15, 0.2) is 0 Å². The fourth-order valence-corrected chi connectivity index (χ4v) is 9.20. The highest BCUT2D eigenvalue weighted by Crippen LogP contribution is 2.62. The molecular weight excluding hydrogens is 374 g/mol. The summed E-state index contributed by atoms with van der Waals surface area (Å²) in [7, 11) is -1.05. The molecule has 0 unspecified atom stereocenters. The molecule has 1 aliphatic rings. The predicted octanol–water partition coefficient (Wildman–Crippen LogP) is 5.11. The van der Waals surface area contributed by atoms with Crippen LogP contribution in [0.1, 0.15) is 23.1 Å². The van der Waals surface area contributed by atoms with E-state index >= 15 is 0 Å². The highest BCUT2D eigenvalue weighted by Gasteiger charge is 2.38. The van der Waals surface area contributed by atoms with E-state index in [1.165, 1.54) is 16.7 Å². The Morgan fingerprint density at radius 1 is 0.690 bits per heavy atom. The zero-order valence-corrected chi connectivity index (χ0v) is 17.7. The second-order valence-electron chi connectivity index (χ2n) is 8.15. The largest absolute Gasteiger partial charge is 0.395 e. The number of aliphatic hydroxyl groups is 1. The molecule has 2 N–H and O–H groups in total. The molecule has 0 radical (unpaired) electrons. The Hall–Kier alpha value is -2.07. The van der Waals surface area contributed by atoms with Crippen LogP contribution < -0.4 is 5.32 Å². The molecular formula is C26H31NOS. The van der Waals surface area contributed by atoms with E-state index in [4.69, 9.17) is 0 Å². The molecule has 0 aliphatic carbocycles. The van der Waals surface area contributed by atoms with Crippen LogP contribution in [0, 0.1) is 0 Å². The van der Waals surface area contributed by atoms with Gasteiger partial charge in [-0.25, -0.2) is 10.0 Å². The van der Waals surface area contributed by atoms with Crippen molar-refractivity contribution < 1.29 is 5.11 Å². The van der Waals surface area contributed by atoms with Crippen LogP contribution >= 0.6 is 10.0 Å². The highest BCUT2D eigenvalue weighted by atomic mass is 32.3. The number of nitrogens with one attached hydrogen (secondary N) is 1. The molecule has 29 heavy (non-hydrogen) atoms. The summed E-state index contributed by atoms with van der Waals surface area (Å²) in [5.41, 5.74) is 4.30. The van der Waals surface area contributed by atoms with Crippen LogP contribution in [0.4, 0.5) is 0 Å². The van der Waals surface area contributed by atoms with Crippen molar-refractivity contribution in [2.75, 3.05) is 13.2 Å². The van der Waals surface area contributed by atoms with Gasteiger partial charge in [0, 0.05) is 35.1 Å². The lowest BCUT2D eigenvalue weighted by molar-refractivity contribution is 0.255. The molecule has 152 valence electrons. The zero-order chi connectivity index (χ0) is 19.9. The maximum atomic E-state index is 9.77. The molecule has 4 rings (SSSR count). The summed E-state index contributed by atoms with van der Waals surface area (Å²) < 4.78 is 0. The SMILES string of the molecule is OC[C@@H]1C[C@@H](S(Cc2ccccc2)(Cc2ccccc2)Cc2ccccc2)CN1. The minimum Gasteiger partial charge on any atom is -0.395 e. The summed E-state index contributed by atoms with van der Waals surface area (Å²) in [6.45, 7) is 1.24. The van der Waals surface area contributed by atoms with Gasteiger partial charge in [-0.1, -0.05) is 91.0 Å². The summed E-state index contributed by atoms with van der Waals surface area (Å²) in [4.78, 5) is 0. The Morgan fingerprint density at radius 3 is 1.45 bits per heavy atom. The third-order valence-corrected chi connectivity index (χ3v) is 10.5. The van der Waals surface area contributed by atoms with Crippen molar-refractivity contribution in [2.24, 2.45) is 0 Å². The monoisotopic (exact) mass is 405 g/mol. The first-order valence-electron chi connectivity index (χ1n) is 10.5. The van der Waals surface area contributed by atoms with Crippen molar-refractivity contribution in [3.8, 4) is 0 Å². The van der Waals surface area contributed by atoms with Crippen LogP contribution in [-0.4, -0.2) is 29.5 Å². The number of benzene rings is 3. The van der Waals surface area contributed by atoms with Crippen molar-refractivity contribution in [1.82, 2.24) is 5.32 Å². The smallest absolute Gasteiger partial charge is 0.0585 e. The molecule has 1 heterocycles. The number of hydrogen-bond donors (Lipinski definition) is 2. The Labute approximate surface area is 176 Å². The molecule has 0 amide bonds. The Morgan fingerprint density at radius 2 is 1.10 bits per heavy atom. The number of hydrogen-bond acceptors (Lipinski definition) is 2. The van der Waals surface area contributed by atoms with Gasteiger partial charge in [-0.3, -0.25) is 0 Å². The van der Waals surface area contributed by atoms with E-state index in [0.717, 1.165) is 30.2 Å². The standard InChI is InChI=1S/C26H31NOS/c28-18-25-16-26(17-27-25)29(19-22-10-4-1-5-11-22,20-23-12-6-2-7-13-23)21-24-14-8-3-9-15-24/h1-15,25-28H,16-21H2/t25-,26+/m0/s1. The summed E-state index contributed by atoms with van der Waals surface area (Å²) in [6, 6.07) is 33.2. The third kappa shape index (κ3) is 5.11. The lowest BCUT2D eigenvalue weighted by Crippen LogP contribution is -2.26. The first kappa shape index (κ1) is 20.2. The molecule has 1 saturated heterocycles. The summed E-state index contributed by atoms with van der Waals surface area (Å²) in [5, 5.41) is 14.0. The third-order valence-electron chi connectivity index (χ3n) is 6.00. The van der Waals surface area contributed by atoms with Gasteiger partial charge in [0.05, 0.1) is 6.61 Å². The van der Waals surface area contributed by atoms with Gasteiger partial charge in [-0.15, -0.1) is 0 Å².